The molecule has 0 saturated heterocycles. The van der Waals surface area contributed by atoms with E-state index in [-0.39, 0.29) is 16.4 Å². The normalized spacial score (nSPS) is 11.1. The van der Waals surface area contributed by atoms with Crippen LogP contribution in [0, 0.1) is 5.82 Å². The van der Waals surface area contributed by atoms with Gasteiger partial charge in [-0.2, -0.15) is 0 Å². The number of pyridine rings is 1. The van der Waals surface area contributed by atoms with Crippen molar-refractivity contribution in [3.05, 3.63) is 59.7 Å². The summed E-state index contributed by atoms with van der Waals surface area (Å²) < 4.78 is 39.7. The van der Waals surface area contributed by atoms with E-state index in [1.165, 1.54) is 12.3 Å². The zero-order valence-corrected chi connectivity index (χ0v) is 12.4. The smallest absolute Gasteiger partial charge is 0.237 e. The van der Waals surface area contributed by atoms with Crippen LogP contribution in [0.5, 0.6) is 0 Å². The summed E-state index contributed by atoms with van der Waals surface area (Å²) in [5, 5.41) is 0. The number of benzene rings is 1. The summed E-state index contributed by atoms with van der Waals surface area (Å²) in [5.41, 5.74) is 6.44. The number of hydrogen-bond donors (Lipinski definition) is 2. The van der Waals surface area contributed by atoms with Gasteiger partial charge in [-0.25, -0.2) is 12.8 Å². The number of anilines is 1. The molecule has 0 aliphatic rings. The molecule has 0 bridgehead atoms. The fourth-order valence-corrected chi connectivity index (χ4v) is 3.01. The van der Waals surface area contributed by atoms with Crippen LogP contribution in [0.1, 0.15) is 11.1 Å². The Kier molecular flexibility index (Phi) is 4.49. The summed E-state index contributed by atoms with van der Waals surface area (Å²) in [5.74, 6) is -1.05. The summed E-state index contributed by atoms with van der Waals surface area (Å²) >= 11 is 4.84. The van der Waals surface area contributed by atoms with Crippen molar-refractivity contribution < 1.29 is 12.8 Å². The van der Waals surface area contributed by atoms with Crippen molar-refractivity contribution >= 4 is 32.9 Å². The first-order valence-corrected chi connectivity index (χ1v) is 7.92. The van der Waals surface area contributed by atoms with Crippen molar-refractivity contribution in [3.63, 3.8) is 0 Å². The Labute approximate surface area is 127 Å². The van der Waals surface area contributed by atoms with Gasteiger partial charge in [0.2, 0.25) is 10.0 Å². The van der Waals surface area contributed by atoms with E-state index in [9.17, 15) is 12.8 Å². The quantitative estimate of drug-likeness (QED) is 0.819. The first-order chi connectivity index (χ1) is 9.87. The molecule has 0 fully saturated rings. The highest BCUT2D eigenvalue weighted by atomic mass is 32.2. The molecule has 0 atom stereocenters. The second-order valence-corrected chi connectivity index (χ2v) is 6.44. The number of aromatic nitrogens is 1. The molecule has 0 aliphatic heterocycles. The minimum absolute atomic E-state index is 0.143. The first-order valence-electron chi connectivity index (χ1n) is 5.86. The Morgan fingerprint density at radius 3 is 2.81 bits per heavy atom. The van der Waals surface area contributed by atoms with Crippen molar-refractivity contribution in [2.45, 2.75) is 5.75 Å². The summed E-state index contributed by atoms with van der Waals surface area (Å²) in [6.07, 6.45) is 2.24. The Morgan fingerprint density at radius 2 is 2.14 bits per heavy atom. The van der Waals surface area contributed by atoms with Crippen molar-refractivity contribution in [2.75, 3.05) is 4.72 Å². The van der Waals surface area contributed by atoms with Gasteiger partial charge in [-0.15, -0.1) is 0 Å². The molecule has 0 radical (unpaired) electrons. The lowest BCUT2D eigenvalue weighted by Gasteiger charge is -2.09. The molecule has 0 amide bonds. The number of nitrogens with zero attached hydrogens (tertiary/aromatic N) is 1. The highest BCUT2D eigenvalue weighted by molar-refractivity contribution is 7.91. The number of nitrogens with two attached hydrogens (primary N) is 1. The van der Waals surface area contributed by atoms with Crippen LogP contribution in [-0.2, 0) is 15.8 Å². The van der Waals surface area contributed by atoms with Gasteiger partial charge in [-0.1, -0.05) is 30.4 Å². The van der Waals surface area contributed by atoms with Gasteiger partial charge in [0.25, 0.3) is 0 Å². The van der Waals surface area contributed by atoms with E-state index < -0.39 is 15.8 Å². The zero-order valence-electron chi connectivity index (χ0n) is 10.8. The second kappa shape index (κ2) is 6.15. The number of nitrogens with one attached hydrogen (secondary N) is 1. The van der Waals surface area contributed by atoms with E-state index in [0.29, 0.717) is 11.1 Å². The number of halogens is 1. The van der Waals surface area contributed by atoms with E-state index in [1.54, 1.807) is 24.3 Å². The zero-order chi connectivity index (χ0) is 15.5. The molecule has 3 N–H and O–H groups in total. The van der Waals surface area contributed by atoms with Gasteiger partial charge in [0.05, 0.1) is 17.6 Å². The Balaban J connectivity index is 2.20. The van der Waals surface area contributed by atoms with Crippen molar-refractivity contribution in [1.29, 1.82) is 0 Å². The van der Waals surface area contributed by atoms with E-state index >= 15 is 0 Å². The van der Waals surface area contributed by atoms with E-state index in [2.05, 4.69) is 9.71 Å². The maximum atomic E-state index is 13.4. The largest absolute Gasteiger partial charge is 0.389 e. The minimum Gasteiger partial charge on any atom is -0.389 e. The molecular weight excluding hydrogens is 313 g/mol. The predicted octanol–water partition coefficient (Wildman–Crippen LogP) is 1.80. The van der Waals surface area contributed by atoms with E-state index in [1.807, 2.05) is 0 Å². The molecule has 2 aromatic rings. The van der Waals surface area contributed by atoms with Crippen molar-refractivity contribution in [3.8, 4) is 0 Å². The van der Waals surface area contributed by atoms with Crippen LogP contribution in [0.4, 0.5) is 10.1 Å². The molecule has 110 valence electrons. The van der Waals surface area contributed by atoms with Gasteiger partial charge in [0.1, 0.15) is 4.99 Å². The van der Waals surface area contributed by atoms with Gasteiger partial charge in [0, 0.05) is 11.8 Å². The molecule has 1 heterocycles. The Bertz CT molecular complexity index is 778. The first kappa shape index (κ1) is 15.3. The van der Waals surface area contributed by atoms with Gasteiger partial charge in [0.15, 0.2) is 5.82 Å². The molecule has 2 rings (SSSR count). The topological polar surface area (TPSA) is 85.1 Å². The van der Waals surface area contributed by atoms with Crippen LogP contribution >= 0.6 is 12.2 Å². The number of hydrogen-bond acceptors (Lipinski definition) is 4. The van der Waals surface area contributed by atoms with Crippen LogP contribution in [0.2, 0.25) is 0 Å². The van der Waals surface area contributed by atoms with Crippen LogP contribution in [0.15, 0.2) is 42.7 Å². The molecule has 5 nitrogen and oxygen atoms in total. The number of sulfonamides is 1. The maximum absolute atomic E-state index is 13.4. The second-order valence-electron chi connectivity index (χ2n) is 4.28. The molecule has 0 spiro atoms. The van der Waals surface area contributed by atoms with Gasteiger partial charge < -0.3 is 5.73 Å². The van der Waals surface area contributed by atoms with Gasteiger partial charge in [-0.3, -0.25) is 9.71 Å². The maximum Gasteiger partial charge on any atom is 0.237 e. The minimum atomic E-state index is -3.75. The molecule has 0 unspecified atom stereocenters. The molecule has 1 aromatic heterocycles. The molecule has 21 heavy (non-hydrogen) atoms. The SMILES string of the molecule is NC(=S)c1cccc(CS(=O)(=O)Nc2ccncc2F)c1. The molecule has 0 saturated carbocycles. The van der Waals surface area contributed by atoms with Crippen LogP contribution in [0.3, 0.4) is 0 Å². The third kappa shape index (κ3) is 4.20. The standard InChI is InChI=1S/C13H12FN3O2S2/c14-11-7-16-5-4-12(11)17-21(18,19)8-9-2-1-3-10(6-9)13(15)20/h1-7H,8H2,(H2,15,20)(H,16,17). The fraction of sp³-hybridized carbons (Fsp3) is 0.0769. The summed E-state index contributed by atoms with van der Waals surface area (Å²) in [6.45, 7) is 0. The number of thiocarbonyl (C=S) groups is 1. The molecule has 8 heteroatoms. The average molecular weight is 325 g/mol. The highest BCUT2D eigenvalue weighted by Crippen LogP contribution is 2.16. The van der Waals surface area contributed by atoms with Crippen LogP contribution < -0.4 is 10.5 Å². The number of rotatable bonds is 5. The van der Waals surface area contributed by atoms with Crippen molar-refractivity contribution in [2.24, 2.45) is 5.73 Å². The van der Waals surface area contributed by atoms with Gasteiger partial charge >= 0.3 is 0 Å². The summed E-state index contributed by atoms with van der Waals surface area (Å²) in [6, 6.07) is 7.81. The predicted molar refractivity (Wildman–Crippen MR) is 82.8 cm³/mol. The highest BCUT2D eigenvalue weighted by Gasteiger charge is 2.14. The Hall–Kier alpha value is -2.06. The monoisotopic (exact) mass is 325 g/mol. The summed E-state index contributed by atoms with van der Waals surface area (Å²) in [4.78, 5) is 3.73. The third-order valence-electron chi connectivity index (χ3n) is 2.61. The molecule has 0 aliphatic carbocycles. The van der Waals surface area contributed by atoms with Gasteiger partial charge in [-0.05, 0) is 17.7 Å². The lowest BCUT2D eigenvalue weighted by atomic mass is 10.1. The van der Waals surface area contributed by atoms with E-state index in [4.69, 9.17) is 18.0 Å². The summed E-state index contributed by atoms with van der Waals surface area (Å²) in [7, 11) is -3.75. The Morgan fingerprint density at radius 1 is 1.38 bits per heavy atom. The molecular formula is C13H12FN3O2S2. The average Bonchev–Trinajstić information content (AvgIpc) is 2.41. The lowest BCUT2D eigenvalue weighted by molar-refractivity contribution is 0.597. The molecule has 1 aromatic carbocycles. The third-order valence-corrected chi connectivity index (χ3v) is 4.09. The van der Waals surface area contributed by atoms with Crippen LogP contribution in [-0.4, -0.2) is 18.4 Å². The fourth-order valence-electron chi connectivity index (χ4n) is 1.70. The van der Waals surface area contributed by atoms with Crippen LogP contribution in [0.25, 0.3) is 0 Å². The van der Waals surface area contributed by atoms with Crippen molar-refractivity contribution in [1.82, 2.24) is 4.98 Å². The lowest BCUT2D eigenvalue weighted by Crippen LogP contribution is -2.17. The van der Waals surface area contributed by atoms with E-state index in [0.717, 1.165) is 6.20 Å².